The number of hydrogen-bond donors (Lipinski definition) is 0. The molecule has 0 saturated carbocycles. The molecule has 0 saturated heterocycles. The highest BCUT2D eigenvalue weighted by molar-refractivity contribution is 6.30. The number of benzene rings is 3. The van der Waals surface area contributed by atoms with Crippen molar-refractivity contribution in [3.63, 3.8) is 0 Å². The molecule has 0 heterocycles. The molecule has 4 rings (SSSR count). The van der Waals surface area contributed by atoms with Gasteiger partial charge in [-0.1, -0.05) is 67.4 Å². The first kappa shape index (κ1) is 17.3. The maximum absolute atomic E-state index is 13.8. The summed E-state index contributed by atoms with van der Waals surface area (Å²) in [5, 5.41) is 0.166. The molecular formula is C24H22ClF. The van der Waals surface area contributed by atoms with Gasteiger partial charge in [0, 0.05) is 0 Å². The third kappa shape index (κ3) is 3.29. The van der Waals surface area contributed by atoms with Gasteiger partial charge in [-0.15, -0.1) is 0 Å². The van der Waals surface area contributed by atoms with Crippen molar-refractivity contribution in [2.75, 3.05) is 0 Å². The average molecular weight is 365 g/mol. The van der Waals surface area contributed by atoms with E-state index >= 15 is 0 Å². The second-order valence-electron chi connectivity index (χ2n) is 7.10. The standard InChI is InChI=1S/C24H22ClF/c1-2-3-4-16-5-10-21-19(13-16)6-7-20-14-17(8-11-22(20)21)18-9-12-23(25)24(26)15-18/h5,8-15H,2-4,6-7H2,1H3. The Hall–Kier alpha value is -2.12. The van der Waals surface area contributed by atoms with Gasteiger partial charge in [0.1, 0.15) is 5.82 Å². The Bertz CT molecular complexity index is 958. The van der Waals surface area contributed by atoms with E-state index < -0.39 is 0 Å². The van der Waals surface area contributed by atoms with Gasteiger partial charge >= 0.3 is 0 Å². The number of hydrogen-bond acceptors (Lipinski definition) is 0. The molecule has 0 spiro atoms. The summed E-state index contributed by atoms with van der Waals surface area (Å²) in [5.41, 5.74) is 8.81. The second kappa shape index (κ2) is 7.25. The van der Waals surface area contributed by atoms with Crippen LogP contribution in [0, 0.1) is 5.82 Å². The second-order valence-corrected chi connectivity index (χ2v) is 7.50. The molecule has 0 unspecified atom stereocenters. The molecule has 0 bridgehead atoms. The minimum atomic E-state index is -0.369. The molecule has 26 heavy (non-hydrogen) atoms. The van der Waals surface area contributed by atoms with E-state index in [1.807, 2.05) is 6.07 Å². The summed E-state index contributed by atoms with van der Waals surface area (Å²) in [5.74, 6) is -0.369. The quantitative estimate of drug-likeness (QED) is 0.457. The van der Waals surface area contributed by atoms with Crippen LogP contribution in [-0.2, 0) is 19.3 Å². The molecule has 0 radical (unpaired) electrons. The number of fused-ring (bicyclic) bond motifs is 3. The van der Waals surface area contributed by atoms with Crippen molar-refractivity contribution in [3.05, 3.63) is 82.1 Å². The largest absolute Gasteiger partial charge is 0.205 e. The Morgan fingerprint density at radius 1 is 0.846 bits per heavy atom. The zero-order valence-corrected chi connectivity index (χ0v) is 15.7. The van der Waals surface area contributed by atoms with Crippen molar-refractivity contribution >= 4 is 11.6 Å². The van der Waals surface area contributed by atoms with E-state index in [2.05, 4.69) is 43.3 Å². The van der Waals surface area contributed by atoms with Crippen LogP contribution >= 0.6 is 11.6 Å². The number of halogens is 2. The van der Waals surface area contributed by atoms with Crippen LogP contribution in [-0.4, -0.2) is 0 Å². The summed E-state index contributed by atoms with van der Waals surface area (Å²) in [7, 11) is 0. The van der Waals surface area contributed by atoms with Crippen LogP contribution < -0.4 is 0 Å². The van der Waals surface area contributed by atoms with Gasteiger partial charge in [0.05, 0.1) is 5.02 Å². The van der Waals surface area contributed by atoms with E-state index in [1.54, 1.807) is 6.07 Å². The SMILES string of the molecule is CCCCc1ccc2c(c1)CCc1cc(-c3ccc(Cl)c(F)c3)ccc1-2. The fourth-order valence-corrected chi connectivity index (χ4v) is 3.96. The van der Waals surface area contributed by atoms with Crippen molar-refractivity contribution in [1.29, 1.82) is 0 Å². The van der Waals surface area contributed by atoms with Crippen LogP contribution in [0.15, 0.2) is 54.6 Å². The smallest absolute Gasteiger partial charge is 0.142 e. The first-order valence-corrected chi connectivity index (χ1v) is 9.74. The molecule has 0 fully saturated rings. The van der Waals surface area contributed by atoms with Crippen molar-refractivity contribution < 1.29 is 4.39 Å². The number of aryl methyl sites for hydroxylation is 3. The lowest BCUT2D eigenvalue weighted by molar-refractivity contribution is 0.629. The van der Waals surface area contributed by atoms with E-state index in [0.29, 0.717) is 0 Å². The fraction of sp³-hybridized carbons (Fsp3) is 0.250. The molecule has 0 atom stereocenters. The summed E-state index contributed by atoms with van der Waals surface area (Å²) in [6.07, 6.45) is 5.74. The predicted octanol–water partition coefficient (Wildman–Crippen LogP) is 7.25. The van der Waals surface area contributed by atoms with Gasteiger partial charge in [0.2, 0.25) is 0 Å². The molecule has 1 aliphatic rings. The van der Waals surface area contributed by atoms with Gasteiger partial charge in [-0.3, -0.25) is 0 Å². The lowest BCUT2D eigenvalue weighted by Gasteiger charge is -2.21. The maximum atomic E-state index is 13.8. The van der Waals surface area contributed by atoms with Gasteiger partial charge in [0.25, 0.3) is 0 Å². The van der Waals surface area contributed by atoms with E-state index in [4.69, 9.17) is 11.6 Å². The highest BCUT2D eigenvalue weighted by Crippen LogP contribution is 2.37. The van der Waals surface area contributed by atoms with Crippen molar-refractivity contribution in [2.45, 2.75) is 39.0 Å². The Kier molecular flexibility index (Phi) is 4.82. The van der Waals surface area contributed by atoms with Crippen molar-refractivity contribution in [1.82, 2.24) is 0 Å². The highest BCUT2D eigenvalue weighted by atomic mass is 35.5. The van der Waals surface area contributed by atoms with Gasteiger partial charge in [0.15, 0.2) is 0 Å². The molecule has 0 aliphatic heterocycles. The predicted molar refractivity (Wildman–Crippen MR) is 108 cm³/mol. The van der Waals surface area contributed by atoms with Crippen LogP contribution in [0.25, 0.3) is 22.3 Å². The molecule has 1 aliphatic carbocycles. The monoisotopic (exact) mass is 364 g/mol. The zero-order valence-electron chi connectivity index (χ0n) is 15.0. The third-order valence-corrected chi connectivity index (χ3v) is 5.61. The summed E-state index contributed by atoms with van der Waals surface area (Å²) in [4.78, 5) is 0. The average Bonchev–Trinajstić information content (AvgIpc) is 2.67. The lowest BCUT2D eigenvalue weighted by atomic mass is 9.83. The summed E-state index contributed by atoms with van der Waals surface area (Å²) >= 11 is 5.81. The van der Waals surface area contributed by atoms with Crippen LogP contribution in [0.5, 0.6) is 0 Å². The van der Waals surface area contributed by atoms with Gasteiger partial charge in [-0.2, -0.15) is 0 Å². The van der Waals surface area contributed by atoms with E-state index in [0.717, 1.165) is 30.4 Å². The van der Waals surface area contributed by atoms with E-state index in [9.17, 15) is 4.39 Å². The molecular weight excluding hydrogens is 343 g/mol. The topological polar surface area (TPSA) is 0 Å². The first-order valence-electron chi connectivity index (χ1n) is 9.36. The molecule has 0 amide bonds. The Balaban J connectivity index is 1.69. The molecule has 132 valence electrons. The molecule has 3 aromatic rings. The maximum Gasteiger partial charge on any atom is 0.142 e. The summed E-state index contributed by atoms with van der Waals surface area (Å²) in [6, 6.07) is 18.4. The Morgan fingerprint density at radius 2 is 1.50 bits per heavy atom. The molecule has 2 heteroatoms. The lowest BCUT2D eigenvalue weighted by Crippen LogP contribution is -2.05. The molecule has 0 aromatic heterocycles. The minimum Gasteiger partial charge on any atom is -0.205 e. The fourth-order valence-electron chi connectivity index (χ4n) is 3.84. The number of unbranched alkanes of at least 4 members (excludes halogenated alkanes) is 1. The first-order chi connectivity index (χ1) is 12.7. The van der Waals surface area contributed by atoms with Crippen molar-refractivity contribution in [2.24, 2.45) is 0 Å². The van der Waals surface area contributed by atoms with Crippen molar-refractivity contribution in [3.8, 4) is 22.3 Å². The van der Waals surface area contributed by atoms with Crippen LogP contribution in [0.1, 0.15) is 36.5 Å². The van der Waals surface area contributed by atoms with E-state index in [-0.39, 0.29) is 10.8 Å². The van der Waals surface area contributed by atoms with Crippen LogP contribution in [0.3, 0.4) is 0 Å². The number of rotatable bonds is 4. The van der Waals surface area contributed by atoms with Crippen LogP contribution in [0.2, 0.25) is 5.02 Å². The summed E-state index contributed by atoms with van der Waals surface area (Å²) < 4.78 is 13.8. The van der Waals surface area contributed by atoms with E-state index in [1.165, 1.54) is 46.7 Å². The summed E-state index contributed by atoms with van der Waals surface area (Å²) in [6.45, 7) is 2.23. The van der Waals surface area contributed by atoms with Gasteiger partial charge in [-0.25, -0.2) is 4.39 Å². The molecule has 3 aromatic carbocycles. The Morgan fingerprint density at radius 3 is 2.23 bits per heavy atom. The van der Waals surface area contributed by atoms with Gasteiger partial charge in [-0.05, 0) is 76.8 Å². The highest BCUT2D eigenvalue weighted by Gasteiger charge is 2.17. The van der Waals surface area contributed by atoms with Gasteiger partial charge < -0.3 is 0 Å². The Labute approximate surface area is 159 Å². The molecule has 0 nitrogen and oxygen atoms in total. The zero-order chi connectivity index (χ0) is 18.1. The molecule has 0 N–H and O–H groups in total. The third-order valence-electron chi connectivity index (χ3n) is 5.30. The van der Waals surface area contributed by atoms with Crippen LogP contribution in [0.4, 0.5) is 4.39 Å². The normalized spacial score (nSPS) is 12.6. The minimum absolute atomic E-state index is 0.166.